The Morgan fingerprint density at radius 3 is 2.81 bits per heavy atom. The lowest BCUT2D eigenvalue weighted by Crippen LogP contribution is -2.42. The highest BCUT2D eigenvalue weighted by Gasteiger charge is 2.24. The van der Waals surface area contributed by atoms with Gasteiger partial charge < -0.3 is 4.74 Å². The molecular formula is C13H25NO2. The Morgan fingerprint density at radius 1 is 1.31 bits per heavy atom. The van der Waals surface area contributed by atoms with Gasteiger partial charge in [0.1, 0.15) is 0 Å². The van der Waals surface area contributed by atoms with Crippen molar-refractivity contribution in [3.63, 3.8) is 0 Å². The smallest absolute Gasteiger partial charge is 0.307 e. The molecule has 1 heterocycles. The van der Waals surface area contributed by atoms with Gasteiger partial charge >= 0.3 is 5.97 Å². The number of unbranched alkanes of at least 4 members (excludes halogenated alkanes) is 1. The Kier molecular flexibility index (Phi) is 6.46. The molecule has 94 valence electrons. The summed E-state index contributed by atoms with van der Waals surface area (Å²) in [6.07, 6.45) is 7.32. The third-order valence-electron chi connectivity index (χ3n) is 3.07. The highest BCUT2D eigenvalue weighted by atomic mass is 16.6. The summed E-state index contributed by atoms with van der Waals surface area (Å²) in [7, 11) is 0. The topological polar surface area (TPSA) is 29.5 Å². The molecule has 3 heteroatoms. The van der Waals surface area contributed by atoms with E-state index in [2.05, 4.69) is 11.8 Å². The first-order valence-corrected chi connectivity index (χ1v) is 6.71. The van der Waals surface area contributed by atoms with Gasteiger partial charge in [-0.15, -0.1) is 0 Å². The van der Waals surface area contributed by atoms with E-state index in [1.807, 2.05) is 6.92 Å². The van der Waals surface area contributed by atoms with Crippen molar-refractivity contribution in [3.8, 4) is 0 Å². The maximum atomic E-state index is 11.5. The van der Waals surface area contributed by atoms with Crippen LogP contribution in [-0.2, 0) is 9.53 Å². The van der Waals surface area contributed by atoms with Crippen LogP contribution in [0.15, 0.2) is 0 Å². The van der Waals surface area contributed by atoms with Crippen LogP contribution in [0.4, 0.5) is 0 Å². The van der Waals surface area contributed by atoms with Crippen molar-refractivity contribution < 1.29 is 9.53 Å². The minimum Gasteiger partial charge on any atom is -0.446 e. The van der Waals surface area contributed by atoms with Gasteiger partial charge in [0.15, 0.2) is 6.23 Å². The molecule has 1 fully saturated rings. The van der Waals surface area contributed by atoms with Gasteiger partial charge in [0, 0.05) is 19.5 Å². The lowest BCUT2D eigenvalue weighted by Gasteiger charge is -2.34. The second kappa shape index (κ2) is 7.66. The Balaban J connectivity index is 2.37. The zero-order chi connectivity index (χ0) is 11.8. The Labute approximate surface area is 99.1 Å². The van der Waals surface area contributed by atoms with E-state index >= 15 is 0 Å². The second-order valence-electron chi connectivity index (χ2n) is 4.58. The molecule has 0 saturated carbocycles. The molecule has 0 bridgehead atoms. The monoisotopic (exact) mass is 227 g/mol. The summed E-state index contributed by atoms with van der Waals surface area (Å²) in [6.45, 7) is 6.36. The zero-order valence-electron chi connectivity index (χ0n) is 10.7. The second-order valence-corrected chi connectivity index (χ2v) is 4.58. The largest absolute Gasteiger partial charge is 0.446 e. The van der Waals surface area contributed by atoms with Gasteiger partial charge in [0.05, 0.1) is 0 Å². The molecule has 0 spiro atoms. The summed E-state index contributed by atoms with van der Waals surface area (Å²) in [6, 6.07) is 0. The van der Waals surface area contributed by atoms with E-state index < -0.39 is 0 Å². The predicted octanol–water partition coefficient (Wildman–Crippen LogP) is 2.94. The molecule has 3 nitrogen and oxygen atoms in total. The molecule has 1 aliphatic heterocycles. The van der Waals surface area contributed by atoms with Gasteiger partial charge in [-0.05, 0) is 32.1 Å². The van der Waals surface area contributed by atoms with Crippen molar-refractivity contribution in [2.75, 3.05) is 13.1 Å². The van der Waals surface area contributed by atoms with E-state index in [0.717, 1.165) is 25.9 Å². The molecular weight excluding hydrogens is 202 g/mol. The minimum absolute atomic E-state index is 0.0316. The molecule has 1 aliphatic rings. The first kappa shape index (κ1) is 13.5. The molecule has 1 unspecified atom stereocenters. The number of carbonyl (C=O) groups is 1. The first-order chi connectivity index (χ1) is 7.77. The summed E-state index contributed by atoms with van der Waals surface area (Å²) < 4.78 is 5.53. The van der Waals surface area contributed by atoms with E-state index in [1.54, 1.807) is 0 Å². The van der Waals surface area contributed by atoms with Gasteiger partial charge in [0.25, 0.3) is 0 Å². The molecule has 0 aromatic rings. The van der Waals surface area contributed by atoms with Crippen LogP contribution in [0.1, 0.15) is 58.8 Å². The molecule has 0 radical (unpaired) electrons. The summed E-state index contributed by atoms with van der Waals surface area (Å²) >= 11 is 0. The van der Waals surface area contributed by atoms with E-state index in [-0.39, 0.29) is 12.2 Å². The summed E-state index contributed by atoms with van der Waals surface area (Å²) in [4.78, 5) is 13.8. The van der Waals surface area contributed by atoms with Crippen molar-refractivity contribution in [1.29, 1.82) is 0 Å². The lowest BCUT2D eigenvalue weighted by molar-refractivity contribution is -0.162. The molecule has 1 saturated heterocycles. The van der Waals surface area contributed by atoms with E-state index in [1.165, 1.54) is 25.7 Å². The number of hydrogen-bond donors (Lipinski definition) is 0. The fourth-order valence-electron chi connectivity index (χ4n) is 2.13. The van der Waals surface area contributed by atoms with E-state index in [9.17, 15) is 4.79 Å². The van der Waals surface area contributed by atoms with Gasteiger partial charge in [-0.1, -0.05) is 20.3 Å². The number of piperidine rings is 1. The van der Waals surface area contributed by atoms with Crippen LogP contribution >= 0.6 is 0 Å². The highest BCUT2D eigenvalue weighted by molar-refractivity contribution is 5.69. The molecule has 0 aromatic carbocycles. The predicted molar refractivity (Wildman–Crippen MR) is 65.1 cm³/mol. The number of likely N-dealkylation sites (tertiary alicyclic amines) is 1. The summed E-state index contributed by atoms with van der Waals surface area (Å²) in [5, 5.41) is 0. The number of carbonyl (C=O) groups excluding carboxylic acids is 1. The van der Waals surface area contributed by atoms with Crippen molar-refractivity contribution in [3.05, 3.63) is 0 Å². The number of rotatable bonds is 6. The lowest BCUT2D eigenvalue weighted by atomic mass is 10.1. The fourth-order valence-corrected chi connectivity index (χ4v) is 2.13. The Bertz CT molecular complexity index is 206. The van der Waals surface area contributed by atoms with Crippen LogP contribution in [0.3, 0.4) is 0 Å². The van der Waals surface area contributed by atoms with Gasteiger partial charge in [-0.3, -0.25) is 9.69 Å². The SMILES string of the molecule is CCCCN1CCCCC1OC(=O)CCC. The third-order valence-corrected chi connectivity index (χ3v) is 3.07. The molecule has 1 atom stereocenters. The van der Waals surface area contributed by atoms with Crippen molar-refractivity contribution in [2.24, 2.45) is 0 Å². The Morgan fingerprint density at radius 2 is 2.12 bits per heavy atom. The molecule has 16 heavy (non-hydrogen) atoms. The van der Waals surface area contributed by atoms with Crippen LogP contribution in [0.25, 0.3) is 0 Å². The molecule has 0 aliphatic carbocycles. The third kappa shape index (κ3) is 4.52. The van der Waals surface area contributed by atoms with E-state index in [4.69, 9.17) is 4.74 Å². The highest BCUT2D eigenvalue weighted by Crippen LogP contribution is 2.19. The van der Waals surface area contributed by atoms with Crippen LogP contribution in [0.5, 0.6) is 0 Å². The normalized spacial score (nSPS) is 22.0. The van der Waals surface area contributed by atoms with Crippen molar-refractivity contribution in [1.82, 2.24) is 4.90 Å². The average Bonchev–Trinajstić information content (AvgIpc) is 2.28. The summed E-state index contributed by atoms with van der Waals surface area (Å²) in [5.41, 5.74) is 0. The van der Waals surface area contributed by atoms with Crippen molar-refractivity contribution in [2.45, 2.75) is 65.0 Å². The first-order valence-electron chi connectivity index (χ1n) is 6.71. The zero-order valence-corrected chi connectivity index (χ0v) is 10.7. The van der Waals surface area contributed by atoms with Gasteiger partial charge in [-0.2, -0.15) is 0 Å². The van der Waals surface area contributed by atoms with Crippen LogP contribution in [0, 0.1) is 0 Å². The molecule has 0 aromatic heterocycles. The standard InChI is InChI=1S/C13H25NO2/c1-3-5-10-14-11-7-6-9-12(14)16-13(15)8-4-2/h12H,3-11H2,1-2H3. The quantitative estimate of drug-likeness (QED) is 0.653. The number of esters is 1. The summed E-state index contributed by atoms with van der Waals surface area (Å²) in [5.74, 6) is -0.0316. The van der Waals surface area contributed by atoms with Gasteiger partial charge in [0.2, 0.25) is 0 Å². The Hall–Kier alpha value is -0.570. The number of nitrogens with zero attached hydrogens (tertiary/aromatic N) is 1. The minimum atomic E-state index is -0.0316. The molecule has 1 rings (SSSR count). The van der Waals surface area contributed by atoms with Crippen LogP contribution < -0.4 is 0 Å². The van der Waals surface area contributed by atoms with Gasteiger partial charge in [-0.25, -0.2) is 0 Å². The maximum Gasteiger partial charge on any atom is 0.307 e. The number of ether oxygens (including phenoxy) is 1. The molecule has 0 amide bonds. The number of hydrogen-bond acceptors (Lipinski definition) is 3. The average molecular weight is 227 g/mol. The molecule has 0 N–H and O–H groups in total. The van der Waals surface area contributed by atoms with Crippen LogP contribution in [0.2, 0.25) is 0 Å². The van der Waals surface area contributed by atoms with Crippen molar-refractivity contribution >= 4 is 5.97 Å². The fraction of sp³-hybridized carbons (Fsp3) is 0.923. The maximum absolute atomic E-state index is 11.5. The van der Waals surface area contributed by atoms with E-state index in [0.29, 0.717) is 6.42 Å². The van der Waals surface area contributed by atoms with Crippen LogP contribution in [-0.4, -0.2) is 30.2 Å².